The minimum Gasteiger partial charge on any atom is -0.350 e. The third-order valence-corrected chi connectivity index (χ3v) is 7.82. The normalized spacial score (nSPS) is 43.6. The van der Waals surface area contributed by atoms with Crippen LogP contribution in [0.3, 0.4) is 0 Å². The fraction of sp³-hybridized carbons (Fsp3) is 0.955. The van der Waals surface area contributed by atoms with E-state index < -0.39 is 0 Å². The topological polar surface area (TPSA) is 62.4 Å². The molecule has 2 aliphatic heterocycles. The number of carbonyl (C=O) groups excluding carboxylic acids is 1. The van der Waals surface area contributed by atoms with Crippen LogP contribution in [0.2, 0.25) is 0 Å². The maximum atomic E-state index is 13.1. The highest BCUT2D eigenvalue weighted by atomic mass is 16.7. The maximum absolute atomic E-state index is 13.1. The number of amides is 1. The van der Waals surface area contributed by atoms with Gasteiger partial charge in [-0.05, 0) is 74.7 Å². The van der Waals surface area contributed by atoms with Gasteiger partial charge in [0.2, 0.25) is 5.91 Å². The average Bonchev–Trinajstić information content (AvgIpc) is 3.51. The molecule has 5 nitrogen and oxygen atoms in total. The van der Waals surface area contributed by atoms with E-state index in [-0.39, 0.29) is 24.1 Å². The largest absolute Gasteiger partial charge is 0.350 e. The first kappa shape index (κ1) is 19.7. The molecule has 0 aromatic heterocycles. The van der Waals surface area contributed by atoms with Crippen LogP contribution in [0.5, 0.6) is 0 Å². The molecule has 4 fully saturated rings. The molecule has 0 bridgehead atoms. The van der Waals surface area contributed by atoms with Crippen molar-refractivity contribution < 1.29 is 9.63 Å². The number of hydrogen-bond donors (Lipinski definition) is 3. The van der Waals surface area contributed by atoms with E-state index >= 15 is 0 Å². The van der Waals surface area contributed by atoms with Crippen molar-refractivity contribution in [2.24, 2.45) is 29.6 Å². The molecule has 5 heteroatoms. The van der Waals surface area contributed by atoms with E-state index in [1.807, 2.05) is 0 Å². The molecule has 4 rings (SSSR count). The van der Waals surface area contributed by atoms with Gasteiger partial charge in [-0.25, -0.2) is 0 Å². The summed E-state index contributed by atoms with van der Waals surface area (Å²) in [7, 11) is 0. The van der Waals surface area contributed by atoms with Gasteiger partial charge in [0, 0.05) is 12.1 Å². The van der Waals surface area contributed by atoms with Gasteiger partial charge in [-0.3, -0.25) is 9.63 Å². The molecule has 2 aliphatic carbocycles. The lowest BCUT2D eigenvalue weighted by Crippen LogP contribution is -2.61. The molecule has 1 amide bonds. The van der Waals surface area contributed by atoms with E-state index in [9.17, 15) is 4.79 Å². The zero-order valence-corrected chi connectivity index (χ0v) is 17.4. The lowest BCUT2D eigenvalue weighted by Gasteiger charge is -2.43. The van der Waals surface area contributed by atoms with E-state index in [2.05, 4.69) is 36.9 Å². The van der Waals surface area contributed by atoms with Crippen LogP contribution >= 0.6 is 0 Å². The van der Waals surface area contributed by atoms with Gasteiger partial charge in [-0.2, -0.15) is 5.48 Å². The van der Waals surface area contributed by atoms with Gasteiger partial charge >= 0.3 is 0 Å². The van der Waals surface area contributed by atoms with Crippen LogP contribution in [0.25, 0.3) is 0 Å². The molecule has 8 unspecified atom stereocenters. The highest BCUT2D eigenvalue weighted by Gasteiger charge is 2.44. The summed E-state index contributed by atoms with van der Waals surface area (Å²) < 4.78 is 0. The monoisotopic (exact) mass is 377 g/mol. The van der Waals surface area contributed by atoms with Crippen LogP contribution in [-0.2, 0) is 9.63 Å². The standard InChI is InChI=1S/C22H39N3O2/c1-4-15-10-14(3)19(23-12-15)20(16-8-9-16)24-22(26)18-11-17-7-5-6-13(2)21(17)27-25-18/h13-21,23,25H,4-12H2,1-3H3,(H,24,26). The van der Waals surface area contributed by atoms with Crippen LogP contribution in [0.4, 0.5) is 0 Å². The van der Waals surface area contributed by atoms with Gasteiger partial charge in [-0.1, -0.05) is 33.6 Å². The quantitative estimate of drug-likeness (QED) is 0.689. The van der Waals surface area contributed by atoms with E-state index in [4.69, 9.17) is 4.84 Å². The Morgan fingerprint density at radius 3 is 2.67 bits per heavy atom. The number of piperidine rings is 1. The summed E-state index contributed by atoms with van der Waals surface area (Å²) in [6.45, 7) is 8.02. The van der Waals surface area contributed by atoms with Crippen molar-refractivity contribution >= 4 is 5.91 Å². The molecule has 154 valence electrons. The summed E-state index contributed by atoms with van der Waals surface area (Å²) in [6.07, 6.45) is 9.95. The van der Waals surface area contributed by atoms with Crippen molar-refractivity contribution in [1.82, 2.24) is 16.1 Å². The summed E-state index contributed by atoms with van der Waals surface area (Å²) in [5.41, 5.74) is 3.11. The SMILES string of the molecule is CCC1CNC(C(NC(=O)C2CC3CCCC(C)C3ON2)C2CC2)C(C)C1. The van der Waals surface area contributed by atoms with Crippen molar-refractivity contribution in [3.63, 3.8) is 0 Å². The van der Waals surface area contributed by atoms with Crippen LogP contribution in [0.15, 0.2) is 0 Å². The van der Waals surface area contributed by atoms with Gasteiger partial charge in [0.15, 0.2) is 0 Å². The predicted octanol–water partition coefficient (Wildman–Crippen LogP) is 3.00. The minimum absolute atomic E-state index is 0.148. The summed E-state index contributed by atoms with van der Waals surface area (Å²) in [5.74, 6) is 3.33. The molecule has 8 atom stereocenters. The molecule has 27 heavy (non-hydrogen) atoms. The first-order valence-corrected chi connectivity index (χ1v) is 11.5. The second-order valence-electron chi connectivity index (χ2n) is 9.95. The molecule has 2 saturated carbocycles. The number of rotatable bonds is 5. The van der Waals surface area contributed by atoms with Gasteiger partial charge in [-0.15, -0.1) is 0 Å². The Morgan fingerprint density at radius 1 is 1.15 bits per heavy atom. The second kappa shape index (κ2) is 8.38. The van der Waals surface area contributed by atoms with Crippen molar-refractivity contribution in [2.45, 2.75) is 96.4 Å². The molecule has 3 N–H and O–H groups in total. The summed E-state index contributed by atoms with van der Waals surface area (Å²) in [4.78, 5) is 19.0. The fourth-order valence-electron chi connectivity index (χ4n) is 5.90. The second-order valence-corrected chi connectivity index (χ2v) is 9.95. The Balaban J connectivity index is 1.36. The average molecular weight is 378 g/mol. The molecular weight excluding hydrogens is 338 g/mol. The van der Waals surface area contributed by atoms with Gasteiger partial charge in [0.05, 0.1) is 6.10 Å². The zero-order valence-electron chi connectivity index (χ0n) is 17.4. The summed E-state index contributed by atoms with van der Waals surface area (Å²) in [6, 6.07) is 0.492. The van der Waals surface area contributed by atoms with Crippen molar-refractivity contribution in [1.29, 1.82) is 0 Å². The first-order valence-electron chi connectivity index (χ1n) is 11.5. The van der Waals surface area contributed by atoms with E-state index in [1.54, 1.807) is 0 Å². The maximum Gasteiger partial charge on any atom is 0.239 e. The number of hydroxylamine groups is 1. The summed E-state index contributed by atoms with van der Waals surface area (Å²) >= 11 is 0. The van der Waals surface area contributed by atoms with Crippen LogP contribution in [0.1, 0.15) is 72.1 Å². The Morgan fingerprint density at radius 2 is 1.96 bits per heavy atom. The lowest BCUT2D eigenvalue weighted by atomic mass is 9.76. The van der Waals surface area contributed by atoms with Gasteiger partial charge in [0.1, 0.15) is 6.04 Å². The summed E-state index contributed by atoms with van der Waals surface area (Å²) in [5, 5.41) is 7.23. The van der Waals surface area contributed by atoms with Gasteiger partial charge in [0.25, 0.3) is 0 Å². The molecule has 0 spiro atoms. The molecule has 2 saturated heterocycles. The Kier molecular flexibility index (Phi) is 6.10. The highest BCUT2D eigenvalue weighted by molar-refractivity contribution is 5.82. The van der Waals surface area contributed by atoms with Crippen LogP contribution < -0.4 is 16.1 Å². The minimum atomic E-state index is -0.194. The smallest absolute Gasteiger partial charge is 0.239 e. The van der Waals surface area contributed by atoms with Gasteiger partial charge < -0.3 is 10.6 Å². The Bertz CT molecular complexity index is 524. The molecule has 2 heterocycles. The van der Waals surface area contributed by atoms with E-state index in [0.29, 0.717) is 29.7 Å². The molecule has 0 aromatic rings. The number of nitrogens with one attached hydrogen (secondary N) is 3. The molecule has 0 aromatic carbocycles. The molecule has 4 aliphatic rings. The van der Waals surface area contributed by atoms with E-state index in [0.717, 1.165) is 18.9 Å². The Labute approximate surface area is 164 Å². The predicted molar refractivity (Wildman–Crippen MR) is 107 cm³/mol. The molecule has 0 radical (unpaired) electrons. The molecular formula is C22H39N3O2. The lowest BCUT2D eigenvalue weighted by molar-refractivity contribution is -0.161. The van der Waals surface area contributed by atoms with Crippen molar-refractivity contribution in [3.8, 4) is 0 Å². The van der Waals surface area contributed by atoms with E-state index in [1.165, 1.54) is 44.9 Å². The zero-order chi connectivity index (χ0) is 19.0. The third-order valence-electron chi connectivity index (χ3n) is 7.82. The van der Waals surface area contributed by atoms with Crippen LogP contribution in [-0.4, -0.2) is 36.7 Å². The third kappa shape index (κ3) is 4.35. The fourth-order valence-corrected chi connectivity index (χ4v) is 5.90. The number of carbonyl (C=O) groups is 1. The van der Waals surface area contributed by atoms with Crippen molar-refractivity contribution in [2.75, 3.05) is 6.54 Å². The van der Waals surface area contributed by atoms with Crippen LogP contribution in [0, 0.1) is 29.6 Å². The highest BCUT2D eigenvalue weighted by Crippen LogP contribution is 2.39. The van der Waals surface area contributed by atoms with Crippen molar-refractivity contribution in [3.05, 3.63) is 0 Å². The first-order chi connectivity index (χ1) is 13.1. The number of fused-ring (bicyclic) bond motifs is 1. The Hall–Kier alpha value is -0.650. The number of hydrogen-bond acceptors (Lipinski definition) is 4.